The third-order valence-electron chi connectivity index (χ3n) is 3.14. The van der Waals surface area contributed by atoms with Gasteiger partial charge in [-0.05, 0) is 26.3 Å². The zero-order valence-electron chi connectivity index (χ0n) is 12.3. The van der Waals surface area contributed by atoms with Gasteiger partial charge in [0.15, 0.2) is 0 Å². The molecule has 0 bridgehead atoms. The van der Waals surface area contributed by atoms with Crippen LogP contribution in [0.5, 0.6) is 0 Å². The maximum atomic E-state index is 12.0. The first-order valence-corrected chi connectivity index (χ1v) is 7.04. The van der Waals surface area contributed by atoms with Crippen LogP contribution in [-0.2, 0) is 19.5 Å². The molecule has 0 aliphatic heterocycles. The van der Waals surface area contributed by atoms with Gasteiger partial charge in [0.2, 0.25) is 0 Å². The largest absolute Gasteiger partial charge is 0.384 e. The van der Waals surface area contributed by atoms with Crippen LogP contribution in [0.4, 0.5) is 5.69 Å². The second kappa shape index (κ2) is 6.36. The number of hydrogen-bond acceptors (Lipinski definition) is 4. The summed E-state index contributed by atoms with van der Waals surface area (Å²) in [5.41, 5.74) is 2.70. The van der Waals surface area contributed by atoms with Crippen LogP contribution in [0.3, 0.4) is 0 Å². The maximum Gasteiger partial charge on any atom is 0.269 e. The number of hydrogen-bond donors (Lipinski definition) is 1. The first kappa shape index (κ1) is 14.3. The molecule has 2 heterocycles. The quantitative estimate of drug-likeness (QED) is 0.867. The van der Waals surface area contributed by atoms with Crippen LogP contribution in [0, 0.1) is 0 Å². The van der Waals surface area contributed by atoms with E-state index in [1.807, 2.05) is 24.6 Å². The summed E-state index contributed by atoms with van der Waals surface area (Å²) in [6.07, 6.45) is 2.57. The average molecular weight is 275 g/mol. The van der Waals surface area contributed by atoms with E-state index < -0.39 is 0 Å². The van der Waals surface area contributed by atoms with E-state index in [0.717, 1.165) is 36.6 Å². The topological polar surface area (TPSA) is 64.7 Å². The highest BCUT2D eigenvalue weighted by Crippen LogP contribution is 2.07. The molecule has 0 aliphatic rings. The molecule has 0 saturated carbocycles. The Balaban J connectivity index is 2.25. The molecule has 0 spiro atoms. The van der Waals surface area contributed by atoms with E-state index in [2.05, 4.69) is 22.4 Å². The Hall–Kier alpha value is -2.11. The van der Waals surface area contributed by atoms with Crippen LogP contribution < -0.4 is 10.9 Å². The van der Waals surface area contributed by atoms with Crippen molar-refractivity contribution >= 4 is 5.69 Å². The zero-order chi connectivity index (χ0) is 14.5. The molecular weight excluding hydrogens is 254 g/mol. The number of rotatable bonds is 6. The minimum Gasteiger partial charge on any atom is -0.384 e. The van der Waals surface area contributed by atoms with Crippen molar-refractivity contribution in [1.82, 2.24) is 19.6 Å². The van der Waals surface area contributed by atoms with Gasteiger partial charge in [-0.1, -0.05) is 6.92 Å². The molecule has 0 saturated heterocycles. The first-order valence-electron chi connectivity index (χ1n) is 7.04. The van der Waals surface area contributed by atoms with Crippen molar-refractivity contribution < 1.29 is 0 Å². The van der Waals surface area contributed by atoms with Gasteiger partial charge >= 0.3 is 0 Å². The molecule has 6 nitrogen and oxygen atoms in total. The van der Waals surface area contributed by atoms with Crippen molar-refractivity contribution in [2.75, 3.05) is 11.9 Å². The summed E-state index contributed by atoms with van der Waals surface area (Å²) in [6, 6.07) is 3.61. The Morgan fingerprint density at radius 1 is 1.20 bits per heavy atom. The fourth-order valence-corrected chi connectivity index (χ4v) is 2.10. The summed E-state index contributed by atoms with van der Waals surface area (Å²) in [5, 5.41) is 11.8. The third kappa shape index (κ3) is 3.07. The van der Waals surface area contributed by atoms with E-state index in [1.165, 1.54) is 4.68 Å². The van der Waals surface area contributed by atoms with Crippen LogP contribution in [0.25, 0.3) is 0 Å². The molecule has 0 aliphatic carbocycles. The van der Waals surface area contributed by atoms with Gasteiger partial charge < -0.3 is 5.32 Å². The predicted molar refractivity (Wildman–Crippen MR) is 79.0 cm³/mol. The van der Waals surface area contributed by atoms with Crippen molar-refractivity contribution in [3.05, 3.63) is 40.1 Å². The smallest absolute Gasteiger partial charge is 0.269 e. The Bertz CT molecular complexity index is 629. The first-order chi connectivity index (χ1) is 9.67. The van der Waals surface area contributed by atoms with Crippen LogP contribution in [0.1, 0.15) is 32.2 Å². The monoisotopic (exact) mass is 275 g/mol. The van der Waals surface area contributed by atoms with Crippen LogP contribution in [0.15, 0.2) is 23.1 Å². The van der Waals surface area contributed by atoms with Gasteiger partial charge in [0.1, 0.15) is 0 Å². The molecule has 2 aromatic rings. The van der Waals surface area contributed by atoms with E-state index in [0.29, 0.717) is 6.54 Å². The fourth-order valence-electron chi connectivity index (χ4n) is 2.10. The molecule has 6 heteroatoms. The van der Waals surface area contributed by atoms with Crippen LogP contribution in [0.2, 0.25) is 0 Å². The highest BCUT2D eigenvalue weighted by Gasteiger charge is 2.08. The molecule has 1 N–H and O–H groups in total. The van der Waals surface area contributed by atoms with Crippen molar-refractivity contribution in [1.29, 1.82) is 0 Å². The van der Waals surface area contributed by atoms with Crippen molar-refractivity contribution in [2.45, 2.75) is 40.3 Å². The molecule has 0 unspecified atom stereocenters. The summed E-state index contributed by atoms with van der Waals surface area (Å²) in [6.45, 7) is 8.11. The van der Waals surface area contributed by atoms with Crippen molar-refractivity contribution in [3.63, 3.8) is 0 Å². The Morgan fingerprint density at radius 3 is 2.60 bits per heavy atom. The number of nitrogens with one attached hydrogen (secondary N) is 1. The van der Waals surface area contributed by atoms with Crippen molar-refractivity contribution in [2.24, 2.45) is 0 Å². The normalized spacial score (nSPS) is 10.8. The summed E-state index contributed by atoms with van der Waals surface area (Å²) < 4.78 is 3.38. The molecule has 0 radical (unpaired) electrons. The average Bonchev–Trinajstić information content (AvgIpc) is 2.84. The van der Waals surface area contributed by atoms with Crippen LogP contribution >= 0.6 is 0 Å². The molecule has 0 amide bonds. The van der Waals surface area contributed by atoms with Gasteiger partial charge in [-0.25, -0.2) is 4.68 Å². The Kier molecular flexibility index (Phi) is 4.55. The highest BCUT2D eigenvalue weighted by molar-refractivity contribution is 5.38. The second-order valence-electron chi connectivity index (χ2n) is 4.57. The third-order valence-corrected chi connectivity index (χ3v) is 3.14. The molecule has 0 fully saturated rings. The summed E-state index contributed by atoms with van der Waals surface area (Å²) in [5.74, 6) is 0. The maximum absolute atomic E-state index is 12.0. The standard InChI is InChI=1S/C14H21N5O/c1-4-11-7-13(18(6-3)17-11)10-19-14(20)8-12(9-16-19)15-5-2/h7-9,15H,4-6,10H2,1-3H3. The van der Waals surface area contributed by atoms with Gasteiger partial charge in [0, 0.05) is 19.2 Å². The van der Waals surface area contributed by atoms with Gasteiger partial charge in [-0.2, -0.15) is 10.2 Å². The van der Waals surface area contributed by atoms with Gasteiger partial charge in [-0.15, -0.1) is 0 Å². The molecular formula is C14H21N5O. The minimum absolute atomic E-state index is 0.106. The van der Waals surface area contributed by atoms with E-state index >= 15 is 0 Å². The van der Waals surface area contributed by atoms with Crippen molar-refractivity contribution in [3.8, 4) is 0 Å². The number of aromatic nitrogens is 4. The Labute approximate surface area is 118 Å². The SMILES string of the molecule is CCNc1cnn(Cc2cc(CC)nn2CC)c(=O)c1. The van der Waals surface area contributed by atoms with Gasteiger partial charge in [-0.3, -0.25) is 9.48 Å². The lowest BCUT2D eigenvalue weighted by Crippen LogP contribution is -2.24. The van der Waals surface area contributed by atoms with E-state index in [9.17, 15) is 4.79 Å². The van der Waals surface area contributed by atoms with E-state index in [-0.39, 0.29) is 5.56 Å². The summed E-state index contributed by atoms with van der Waals surface area (Å²) in [7, 11) is 0. The lowest BCUT2D eigenvalue weighted by Gasteiger charge is -2.08. The Morgan fingerprint density at radius 2 is 2.00 bits per heavy atom. The summed E-state index contributed by atoms with van der Waals surface area (Å²) in [4.78, 5) is 12.0. The number of aryl methyl sites for hydroxylation is 2. The number of anilines is 1. The van der Waals surface area contributed by atoms with E-state index in [1.54, 1.807) is 12.3 Å². The number of nitrogens with zero attached hydrogens (tertiary/aromatic N) is 4. The second-order valence-corrected chi connectivity index (χ2v) is 4.57. The highest BCUT2D eigenvalue weighted by atomic mass is 16.1. The molecule has 2 rings (SSSR count). The summed E-state index contributed by atoms with van der Waals surface area (Å²) >= 11 is 0. The lowest BCUT2D eigenvalue weighted by atomic mass is 10.3. The van der Waals surface area contributed by atoms with Crippen LogP contribution in [-0.4, -0.2) is 26.1 Å². The molecule has 0 atom stereocenters. The zero-order valence-corrected chi connectivity index (χ0v) is 12.3. The molecule has 0 aromatic carbocycles. The fraction of sp³-hybridized carbons (Fsp3) is 0.500. The van der Waals surface area contributed by atoms with Gasteiger partial charge in [0.05, 0.1) is 29.8 Å². The van der Waals surface area contributed by atoms with Gasteiger partial charge in [0.25, 0.3) is 5.56 Å². The molecule has 2 aromatic heterocycles. The minimum atomic E-state index is -0.106. The van der Waals surface area contributed by atoms with E-state index in [4.69, 9.17) is 0 Å². The predicted octanol–water partition coefficient (Wildman–Crippen LogP) is 1.50. The molecule has 108 valence electrons. The molecule has 20 heavy (non-hydrogen) atoms. The lowest BCUT2D eigenvalue weighted by molar-refractivity contribution is 0.558.